The minimum Gasteiger partial charge on any atom is -0.493 e. The quantitative estimate of drug-likeness (QED) is 0.884. The number of benzene rings is 2. The van der Waals surface area contributed by atoms with E-state index in [4.69, 9.17) is 9.47 Å². The number of aliphatic hydroxyl groups excluding tert-OH is 1. The summed E-state index contributed by atoms with van der Waals surface area (Å²) in [7, 11) is 3.01. The van der Waals surface area contributed by atoms with Crippen molar-refractivity contribution in [3.63, 3.8) is 0 Å². The van der Waals surface area contributed by atoms with Crippen LogP contribution in [0.15, 0.2) is 36.4 Å². The van der Waals surface area contributed by atoms with E-state index in [0.29, 0.717) is 28.2 Å². The third kappa shape index (κ3) is 2.83. The summed E-state index contributed by atoms with van der Waals surface area (Å²) in [5.74, 6) is -0.0627. The van der Waals surface area contributed by atoms with Gasteiger partial charge in [0.05, 0.1) is 26.4 Å². The molecule has 0 radical (unpaired) electrons. The van der Waals surface area contributed by atoms with E-state index in [9.17, 15) is 15.0 Å². The van der Waals surface area contributed by atoms with Gasteiger partial charge in [0.1, 0.15) is 0 Å². The van der Waals surface area contributed by atoms with E-state index in [1.54, 1.807) is 30.3 Å². The molecule has 2 aromatic carbocycles. The molecule has 0 aliphatic heterocycles. The molecule has 0 spiro atoms. The third-order valence-corrected chi connectivity index (χ3v) is 3.23. The zero-order chi connectivity index (χ0) is 15.4. The summed E-state index contributed by atoms with van der Waals surface area (Å²) in [6, 6.07) is 9.95. The predicted octanol–water partition coefficient (Wildman–Crippen LogP) is 2.56. The van der Waals surface area contributed by atoms with Gasteiger partial charge in [0.2, 0.25) is 0 Å². The van der Waals surface area contributed by atoms with Gasteiger partial charge in [-0.05, 0) is 34.9 Å². The SMILES string of the molecule is COc1cc(CO)c(-c2ccccc2C(=O)O)cc1OC. The van der Waals surface area contributed by atoms with Gasteiger partial charge in [-0.15, -0.1) is 0 Å². The molecule has 5 nitrogen and oxygen atoms in total. The van der Waals surface area contributed by atoms with Crippen LogP contribution in [-0.2, 0) is 6.61 Å². The number of carboxylic acids is 1. The Kier molecular flexibility index (Phi) is 4.45. The van der Waals surface area contributed by atoms with Gasteiger partial charge in [-0.3, -0.25) is 0 Å². The van der Waals surface area contributed by atoms with Crippen molar-refractivity contribution in [2.45, 2.75) is 6.61 Å². The van der Waals surface area contributed by atoms with Crippen LogP contribution < -0.4 is 9.47 Å². The fraction of sp³-hybridized carbons (Fsp3) is 0.188. The van der Waals surface area contributed by atoms with Gasteiger partial charge in [-0.2, -0.15) is 0 Å². The largest absolute Gasteiger partial charge is 0.493 e. The Bertz CT molecular complexity index is 664. The summed E-state index contributed by atoms with van der Waals surface area (Å²) in [5, 5.41) is 18.8. The average molecular weight is 288 g/mol. The molecule has 0 amide bonds. The maximum Gasteiger partial charge on any atom is 0.336 e. The molecule has 0 heterocycles. The van der Waals surface area contributed by atoms with Gasteiger partial charge in [-0.1, -0.05) is 18.2 Å². The number of aliphatic hydroxyl groups is 1. The third-order valence-electron chi connectivity index (χ3n) is 3.23. The van der Waals surface area contributed by atoms with Crippen LogP contribution in [0.5, 0.6) is 11.5 Å². The van der Waals surface area contributed by atoms with Crippen LogP contribution in [0.2, 0.25) is 0 Å². The number of methoxy groups -OCH3 is 2. The summed E-state index contributed by atoms with van der Waals surface area (Å²) in [4.78, 5) is 11.4. The van der Waals surface area contributed by atoms with E-state index in [-0.39, 0.29) is 12.2 Å². The van der Waals surface area contributed by atoms with Gasteiger partial charge in [0.15, 0.2) is 11.5 Å². The molecule has 2 N–H and O–H groups in total. The number of hydrogen-bond acceptors (Lipinski definition) is 4. The van der Waals surface area contributed by atoms with Crippen LogP contribution in [0.3, 0.4) is 0 Å². The molecule has 0 fully saturated rings. The Morgan fingerprint density at radius 3 is 2.24 bits per heavy atom. The lowest BCUT2D eigenvalue weighted by Crippen LogP contribution is -2.02. The van der Waals surface area contributed by atoms with Crippen molar-refractivity contribution in [1.29, 1.82) is 0 Å². The van der Waals surface area contributed by atoms with E-state index in [2.05, 4.69) is 0 Å². The van der Waals surface area contributed by atoms with Crippen LogP contribution in [-0.4, -0.2) is 30.4 Å². The van der Waals surface area contributed by atoms with Gasteiger partial charge in [0.25, 0.3) is 0 Å². The number of hydrogen-bond donors (Lipinski definition) is 2. The lowest BCUT2D eigenvalue weighted by atomic mass is 9.95. The second-order valence-corrected chi connectivity index (χ2v) is 4.37. The molecule has 0 aliphatic rings. The van der Waals surface area contributed by atoms with Crippen molar-refractivity contribution in [1.82, 2.24) is 0 Å². The van der Waals surface area contributed by atoms with Crippen LogP contribution in [0, 0.1) is 0 Å². The van der Waals surface area contributed by atoms with Gasteiger partial charge < -0.3 is 19.7 Å². The highest BCUT2D eigenvalue weighted by molar-refractivity contribution is 5.96. The van der Waals surface area contributed by atoms with Crippen molar-refractivity contribution in [2.24, 2.45) is 0 Å². The summed E-state index contributed by atoms with van der Waals surface area (Å²) >= 11 is 0. The molecule has 5 heteroatoms. The second-order valence-electron chi connectivity index (χ2n) is 4.37. The maximum atomic E-state index is 11.4. The van der Waals surface area contributed by atoms with Crippen LogP contribution in [0.1, 0.15) is 15.9 Å². The van der Waals surface area contributed by atoms with Crippen LogP contribution in [0.4, 0.5) is 0 Å². The van der Waals surface area contributed by atoms with E-state index in [1.165, 1.54) is 20.3 Å². The molecule has 0 unspecified atom stereocenters. The molecule has 0 aromatic heterocycles. The number of rotatable bonds is 5. The second kappa shape index (κ2) is 6.28. The minimum atomic E-state index is -1.02. The standard InChI is InChI=1S/C16H16O5/c1-20-14-7-10(9-17)13(8-15(14)21-2)11-5-3-4-6-12(11)16(18)19/h3-8,17H,9H2,1-2H3,(H,18,19). The normalized spacial score (nSPS) is 10.2. The van der Waals surface area contributed by atoms with Crippen LogP contribution in [0.25, 0.3) is 11.1 Å². The summed E-state index contributed by atoms with van der Waals surface area (Å²) < 4.78 is 10.4. The lowest BCUT2D eigenvalue weighted by Gasteiger charge is -2.15. The Labute approximate surface area is 122 Å². The zero-order valence-electron chi connectivity index (χ0n) is 11.8. The summed E-state index contributed by atoms with van der Waals surface area (Å²) in [5.41, 5.74) is 1.86. The topological polar surface area (TPSA) is 76.0 Å². The van der Waals surface area contributed by atoms with Crippen molar-refractivity contribution in [2.75, 3.05) is 14.2 Å². The summed E-state index contributed by atoms with van der Waals surface area (Å²) in [6.45, 7) is -0.232. The van der Waals surface area contributed by atoms with E-state index >= 15 is 0 Å². The molecule has 0 atom stereocenters. The highest BCUT2D eigenvalue weighted by Crippen LogP contribution is 2.37. The molecule has 110 valence electrons. The van der Waals surface area contributed by atoms with Crippen molar-refractivity contribution in [3.05, 3.63) is 47.5 Å². The molecule has 0 saturated heterocycles. The van der Waals surface area contributed by atoms with E-state index < -0.39 is 5.97 Å². The van der Waals surface area contributed by atoms with Crippen molar-refractivity contribution >= 4 is 5.97 Å². The average Bonchev–Trinajstić information content (AvgIpc) is 2.53. The smallest absolute Gasteiger partial charge is 0.336 e. The van der Waals surface area contributed by atoms with Gasteiger partial charge in [-0.25, -0.2) is 4.79 Å². The fourth-order valence-electron chi connectivity index (χ4n) is 2.21. The van der Waals surface area contributed by atoms with Crippen LogP contribution >= 0.6 is 0 Å². The molecule has 0 saturated carbocycles. The number of ether oxygens (including phenoxy) is 2. The fourth-order valence-corrected chi connectivity index (χ4v) is 2.21. The Balaban J connectivity index is 2.71. The first-order chi connectivity index (χ1) is 10.1. The molecule has 2 rings (SSSR count). The highest BCUT2D eigenvalue weighted by Gasteiger charge is 2.17. The molecular weight excluding hydrogens is 272 g/mol. The first-order valence-electron chi connectivity index (χ1n) is 6.30. The van der Waals surface area contributed by atoms with E-state index in [1.807, 2.05) is 0 Å². The van der Waals surface area contributed by atoms with Crippen molar-refractivity contribution < 1.29 is 24.5 Å². The first-order valence-corrected chi connectivity index (χ1v) is 6.30. The van der Waals surface area contributed by atoms with Crippen molar-refractivity contribution in [3.8, 4) is 22.6 Å². The molecular formula is C16H16O5. The molecule has 0 bridgehead atoms. The Morgan fingerprint density at radius 1 is 1.05 bits per heavy atom. The Hall–Kier alpha value is -2.53. The molecule has 2 aromatic rings. The monoisotopic (exact) mass is 288 g/mol. The number of carbonyl (C=O) groups is 1. The lowest BCUT2D eigenvalue weighted by molar-refractivity contribution is 0.0697. The highest BCUT2D eigenvalue weighted by atomic mass is 16.5. The Morgan fingerprint density at radius 2 is 1.67 bits per heavy atom. The molecule has 0 aliphatic carbocycles. The van der Waals surface area contributed by atoms with Gasteiger partial charge in [0, 0.05) is 0 Å². The van der Waals surface area contributed by atoms with Gasteiger partial charge >= 0.3 is 5.97 Å². The molecule has 21 heavy (non-hydrogen) atoms. The minimum absolute atomic E-state index is 0.166. The maximum absolute atomic E-state index is 11.4. The first kappa shape index (κ1) is 14.9. The predicted molar refractivity (Wildman–Crippen MR) is 77.9 cm³/mol. The number of carboxylic acid groups (broad SMARTS) is 1. The van der Waals surface area contributed by atoms with E-state index in [0.717, 1.165) is 0 Å². The summed E-state index contributed by atoms with van der Waals surface area (Å²) in [6.07, 6.45) is 0. The zero-order valence-corrected chi connectivity index (χ0v) is 11.8. The number of aromatic carboxylic acids is 1.